The first-order valence-electron chi connectivity index (χ1n) is 5.45. The minimum absolute atomic E-state index is 0.112. The van der Waals surface area contributed by atoms with Crippen LogP contribution in [0.15, 0.2) is 17.5 Å². The Morgan fingerprint density at radius 2 is 2.31 bits per heavy atom. The lowest BCUT2D eigenvalue weighted by Gasteiger charge is -2.25. The predicted octanol–water partition coefficient (Wildman–Crippen LogP) is 2.28. The Kier molecular flexibility index (Phi) is 4.50. The van der Waals surface area contributed by atoms with Gasteiger partial charge in [-0.25, -0.2) is 0 Å². The number of nitrogens with one attached hydrogen (secondary N) is 1. The van der Waals surface area contributed by atoms with Crippen molar-refractivity contribution in [1.82, 2.24) is 5.32 Å². The molecule has 1 heterocycles. The van der Waals surface area contributed by atoms with Gasteiger partial charge in [0.2, 0.25) is 0 Å². The highest BCUT2D eigenvalue weighted by molar-refractivity contribution is 7.12. The Bertz CT molecular complexity index is 331. The van der Waals surface area contributed by atoms with Gasteiger partial charge in [-0.1, -0.05) is 19.9 Å². The van der Waals surface area contributed by atoms with E-state index in [1.165, 1.54) is 11.3 Å². The molecule has 0 fully saturated rings. The predicted molar refractivity (Wildman–Crippen MR) is 66.7 cm³/mol. The Morgan fingerprint density at radius 3 is 2.81 bits per heavy atom. The lowest BCUT2D eigenvalue weighted by molar-refractivity contribution is 0.0369. The quantitative estimate of drug-likeness (QED) is 0.831. The largest absolute Gasteiger partial charge is 0.388 e. The summed E-state index contributed by atoms with van der Waals surface area (Å²) in [5.74, 6) is 0.299. The van der Waals surface area contributed by atoms with Crippen LogP contribution in [0.1, 0.15) is 36.9 Å². The zero-order chi connectivity index (χ0) is 12.2. The van der Waals surface area contributed by atoms with E-state index < -0.39 is 5.60 Å². The van der Waals surface area contributed by atoms with Crippen LogP contribution in [0.2, 0.25) is 0 Å². The van der Waals surface area contributed by atoms with Crippen molar-refractivity contribution in [3.05, 3.63) is 22.4 Å². The van der Waals surface area contributed by atoms with Gasteiger partial charge in [-0.2, -0.15) is 0 Å². The summed E-state index contributed by atoms with van der Waals surface area (Å²) in [6.45, 7) is 6.15. The Morgan fingerprint density at radius 1 is 1.62 bits per heavy atom. The minimum atomic E-state index is -0.832. The summed E-state index contributed by atoms with van der Waals surface area (Å²) in [5, 5.41) is 14.6. The fraction of sp³-hybridized carbons (Fsp3) is 0.583. The molecule has 0 aliphatic rings. The number of rotatable bonds is 5. The van der Waals surface area contributed by atoms with Crippen molar-refractivity contribution in [1.29, 1.82) is 0 Å². The molecule has 0 aliphatic carbocycles. The van der Waals surface area contributed by atoms with Crippen molar-refractivity contribution in [2.45, 2.75) is 32.8 Å². The van der Waals surface area contributed by atoms with Crippen LogP contribution in [0.4, 0.5) is 0 Å². The fourth-order valence-corrected chi connectivity index (χ4v) is 2.36. The van der Waals surface area contributed by atoms with Crippen LogP contribution in [0.5, 0.6) is 0 Å². The number of amides is 1. The molecule has 0 saturated carbocycles. The van der Waals surface area contributed by atoms with Gasteiger partial charge in [0.05, 0.1) is 10.5 Å². The van der Waals surface area contributed by atoms with Gasteiger partial charge in [0.25, 0.3) is 5.91 Å². The maximum absolute atomic E-state index is 11.6. The monoisotopic (exact) mass is 241 g/mol. The average molecular weight is 241 g/mol. The third kappa shape index (κ3) is 4.33. The normalized spacial score (nSPS) is 14.8. The van der Waals surface area contributed by atoms with E-state index in [1.54, 1.807) is 13.0 Å². The highest BCUT2D eigenvalue weighted by Gasteiger charge is 2.22. The molecule has 90 valence electrons. The lowest BCUT2D eigenvalue weighted by Crippen LogP contribution is -2.41. The highest BCUT2D eigenvalue weighted by Crippen LogP contribution is 2.15. The van der Waals surface area contributed by atoms with E-state index in [0.717, 1.165) is 0 Å². The molecule has 2 N–H and O–H groups in total. The zero-order valence-electron chi connectivity index (χ0n) is 9.99. The molecule has 1 aromatic heterocycles. The van der Waals surface area contributed by atoms with Gasteiger partial charge in [0.1, 0.15) is 0 Å². The van der Waals surface area contributed by atoms with E-state index in [2.05, 4.69) is 19.2 Å². The number of hydrogen-bond acceptors (Lipinski definition) is 3. The molecular formula is C12H19NO2S. The molecule has 1 aromatic rings. The molecule has 0 spiro atoms. The summed E-state index contributed by atoms with van der Waals surface area (Å²) >= 11 is 1.40. The Balaban J connectivity index is 2.42. The SMILES string of the molecule is CC(C)CC(C)(O)CNC(=O)c1cccs1. The molecule has 4 heteroatoms. The summed E-state index contributed by atoms with van der Waals surface area (Å²) < 4.78 is 0. The maximum Gasteiger partial charge on any atom is 0.261 e. The van der Waals surface area contributed by atoms with E-state index in [4.69, 9.17) is 0 Å². The van der Waals surface area contributed by atoms with Crippen molar-refractivity contribution in [2.75, 3.05) is 6.54 Å². The molecular weight excluding hydrogens is 222 g/mol. The lowest BCUT2D eigenvalue weighted by atomic mass is 9.94. The molecule has 1 rings (SSSR count). The van der Waals surface area contributed by atoms with E-state index in [-0.39, 0.29) is 5.91 Å². The first-order chi connectivity index (χ1) is 7.41. The van der Waals surface area contributed by atoms with Crippen LogP contribution in [0, 0.1) is 5.92 Å². The maximum atomic E-state index is 11.6. The third-order valence-corrected chi connectivity index (χ3v) is 3.09. The Labute approximate surface area is 100 Å². The van der Waals surface area contributed by atoms with Gasteiger partial charge >= 0.3 is 0 Å². The molecule has 0 saturated heterocycles. The van der Waals surface area contributed by atoms with Crippen LogP contribution in [0.3, 0.4) is 0 Å². The van der Waals surface area contributed by atoms with E-state index in [0.29, 0.717) is 23.8 Å². The number of thiophene rings is 1. The topological polar surface area (TPSA) is 49.3 Å². The summed E-state index contributed by atoms with van der Waals surface area (Å²) in [5.41, 5.74) is -0.832. The van der Waals surface area contributed by atoms with Gasteiger partial charge in [-0.05, 0) is 30.7 Å². The van der Waals surface area contributed by atoms with Gasteiger partial charge in [-0.3, -0.25) is 4.79 Å². The second-order valence-electron chi connectivity index (χ2n) is 4.75. The average Bonchev–Trinajstić information content (AvgIpc) is 2.64. The van der Waals surface area contributed by atoms with Gasteiger partial charge in [-0.15, -0.1) is 11.3 Å². The molecule has 3 nitrogen and oxygen atoms in total. The van der Waals surface area contributed by atoms with E-state index in [1.807, 2.05) is 11.4 Å². The molecule has 1 atom stereocenters. The second kappa shape index (κ2) is 5.46. The first kappa shape index (κ1) is 13.2. The van der Waals surface area contributed by atoms with Crippen molar-refractivity contribution in [3.63, 3.8) is 0 Å². The standard InChI is InChI=1S/C12H19NO2S/c1-9(2)7-12(3,15)8-13-11(14)10-5-4-6-16-10/h4-6,9,15H,7-8H2,1-3H3,(H,13,14). The van der Waals surface area contributed by atoms with Crippen molar-refractivity contribution in [3.8, 4) is 0 Å². The molecule has 16 heavy (non-hydrogen) atoms. The van der Waals surface area contributed by atoms with Crippen molar-refractivity contribution < 1.29 is 9.90 Å². The molecule has 0 bridgehead atoms. The van der Waals surface area contributed by atoms with E-state index >= 15 is 0 Å². The second-order valence-corrected chi connectivity index (χ2v) is 5.70. The van der Waals surface area contributed by atoms with Crippen LogP contribution >= 0.6 is 11.3 Å². The minimum Gasteiger partial charge on any atom is -0.388 e. The van der Waals surface area contributed by atoms with Gasteiger partial charge in [0, 0.05) is 6.54 Å². The zero-order valence-corrected chi connectivity index (χ0v) is 10.8. The van der Waals surface area contributed by atoms with E-state index in [9.17, 15) is 9.90 Å². The van der Waals surface area contributed by atoms with Crippen molar-refractivity contribution in [2.24, 2.45) is 5.92 Å². The fourth-order valence-electron chi connectivity index (χ4n) is 1.72. The Hall–Kier alpha value is -0.870. The van der Waals surface area contributed by atoms with Crippen LogP contribution in [-0.4, -0.2) is 23.2 Å². The van der Waals surface area contributed by atoms with Gasteiger partial charge < -0.3 is 10.4 Å². The molecule has 0 aromatic carbocycles. The third-order valence-electron chi connectivity index (χ3n) is 2.22. The number of aliphatic hydroxyl groups is 1. The van der Waals surface area contributed by atoms with Gasteiger partial charge in [0.15, 0.2) is 0 Å². The number of carbonyl (C=O) groups is 1. The summed E-state index contributed by atoms with van der Waals surface area (Å²) in [7, 11) is 0. The summed E-state index contributed by atoms with van der Waals surface area (Å²) in [6, 6.07) is 3.61. The van der Waals surface area contributed by atoms with Crippen LogP contribution < -0.4 is 5.32 Å². The molecule has 0 radical (unpaired) electrons. The van der Waals surface area contributed by atoms with Crippen LogP contribution in [0.25, 0.3) is 0 Å². The molecule has 1 amide bonds. The molecule has 0 aliphatic heterocycles. The smallest absolute Gasteiger partial charge is 0.261 e. The number of hydrogen-bond donors (Lipinski definition) is 2. The summed E-state index contributed by atoms with van der Waals surface area (Å²) in [4.78, 5) is 12.3. The van der Waals surface area contributed by atoms with Crippen molar-refractivity contribution >= 4 is 17.2 Å². The first-order valence-corrected chi connectivity index (χ1v) is 6.33. The summed E-state index contributed by atoms with van der Waals surface area (Å²) in [6.07, 6.45) is 0.678. The number of carbonyl (C=O) groups excluding carboxylic acids is 1. The van der Waals surface area contributed by atoms with Crippen LogP contribution in [-0.2, 0) is 0 Å². The highest BCUT2D eigenvalue weighted by atomic mass is 32.1. The molecule has 1 unspecified atom stereocenters.